The Morgan fingerprint density at radius 3 is 2.67 bits per heavy atom. The number of hydrogen-bond acceptors (Lipinski definition) is 4. The number of carbonyl (C=O) groups excluding carboxylic acids is 2. The summed E-state index contributed by atoms with van der Waals surface area (Å²) < 4.78 is 5.87. The van der Waals surface area contributed by atoms with Gasteiger partial charge in [0.05, 0.1) is 21.5 Å². The molecule has 2 heterocycles. The summed E-state index contributed by atoms with van der Waals surface area (Å²) in [6, 6.07) is 6.84. The van der Waals surface area contributed by atoms with E-state index in [9.17, 15) is 9.59 Å². The molecule has 0 aliphatic heterocycles. The van der Waals surface area contributed by atoms with Crippen molar-refractivity contribution in [2.45, 2.75) is 25.8 Å². The molecule has 2 rings (SSSR count). The van der Waals surface area contributed by atoms with E-state index in [1.807, 2.05) is 13.0 Å². The van der Waals surface area contributed by atoms with Crippen LogP contribution in [-0.4, -0.2) is 23.6 Å². The topological polar surface area (TPSA) is 50.5 Å². The Bertz CT molecular complexity index is 621. The molecule has 0 saturated heterocycles. The Morgan fingerprint density at radius 1 is 1.33 bits per heavy atom. The van der Waals surface area contributed by atoms with E-state index < -0.39 is 0 Å². The van der Waals surface area contributed by atoms with Gasteiger partial charge in [0.25, 0.3) is 0 Å². The molecule has 21 heavy (non-hydrogen) atoms. The number of Topliss-reactive ketones (excluding diaryl/α,β-unsaturated/α-hetero) is 1. The van der Waals surface area contributed by atoms with Crippen molar-refractivity contribution in [2.75, 3.05) is 7.05 Å². The lowest BCUT2D eigenvalue weighted by atomic mass is 10.1. The van der Waals surface area contributed by atoms with Gasteiger partial charge in [0.1, 0.15) is 5.76 Å². The van der Waals surface area contributed by atoms with Gasteiger partial charge in [-0.25, -0.2) is 0 Å². The molecular weight excluding hydrogens is 310 g/mol. The van der Waals surface area contributed by atoms with Crippen LogP contribution in [0.3, 0.4) is 0 Å². The Balaban J connectivity index is 1.88. The summed E-state index contributed by atoms with van der Waals surface area (Å²) in [5.41, 5.74) is 0. The fraction of sp³-hybridized carbons (Fsp3) is 0.333. The van der Waals surface area contributed by atoms with Crippen LogP contribution in [0.2, 0.25) is 4.34 Å². The van der Waals surface area contributed by atoms with Crippen LogP contribution < -0.4 is 0 Å². The zero-order valence-electron chi connectivity index (χ0n) is 11.8. The van der Waals surface area contributed by atoms with Crippen molar-refractivity contribution in [3.8, 4) is 0 Å². The molecule has 2 aromatic heterocycles. The molecule has 0 aromatic carbocycles. The van der Waals surface area contributed by atoms with Crippen LogP contribution in [0.15, 0.2) is 34.9 Å². The fourth-order valence-corrected chi connectivity index (χ4v) is 2.93. The molecule has 0 saturated carbocycles. The lowest BCUT2D eigenvalue weighted by Gasteiger charge is -2.23. The average molecular weight is 326 g/mol. The third-order valence-corrected chi connectivity index (χ3v) is 4.62. The van der Waals surface area contributed by atoms with Gasteiger partial charge in [-0.1, -0.05) is 11.6 Å². The molecule has 2 aromatic rings. The third-order valence-electron chi connectivity index (χ3n) is 3.34. The first kappa shape index (κ1) is 15.8. The van der Waals surface area contributed by atoms with Crippen LogP contribution in [0.25, 0.3) is 0 Å². The quantitative estimate of drug-likeness (QED) is 0.749. The van der Waals surface area contributed by atoms with E-state index in [1.54, 1.807) is 36.4 Å². The van der Waals surface area contributed by atoms with Crippen LogP contribution >= 0.6 is 22.9 Å². The Labute approximate surface area is 132 Å². The first-order valence-electron chi connectivity index (χ1n) is 6.56. The number of amides is 1. The molecule has 6 heteroatoms. The molecule has 0 aliphatic rings. The zero-order valence-corrected chi connectivity index (χ0v) is 13.4. The first-order chi connectivity index (χ1) is 9.99. The zero-order chi connectivity index (χ0) is 15.4. The summed E-state index contributed by atoms with van der Waals surface area (Å²) in [4.78, 5) is 26.3. The molecule has 112 valence electrons. The highest BCUT2D eigenvalue weighted by Gasteiger charge is 2.20. The highest BCUT2D eigenvalue weighted by Crippen LogP contribution is 2.24. The van der Waals surface area contributed by atoms with Gasteiger partial charge in [-0.05, 0) is 31.2 Å². The van der Waals surface area contributed by atoms with Crippen molar-refractivity contribution >= 4 is 34.6 Å². The minimum atomic E-state index is -0.154. The van der Waals surface area contributed by atoms with E-state index in [0.717, 1.165) is 5.76 Å². The number of ketones is 1. The minimum absolute atomic E-state index is 0.0562. The number of rotatable bonds is 6. The van der Waals surface area contributed by atoms with Crippen LogP contribution in [0.5, 0.6) is 0 Å². The van der Waals surface area contributed by atoms with Gasteiger partial charge >= 0.3 is 0 Å². The second-order valence-corrected chi connectivity index (χ2v) is 6.44. The van der Waals surface area contributed by atoms with E-state index in [2.05, 4.69) is 0 Å². The van der Waals surface area contributed by atoms with Crippen LogP contribution in [0.4, 0.5) is 0 Å². The predicted molar refractivity (Wildman–Crippen MR) is 82.8 cm³/mol. The molecule has 0 bridgehead atoms. The Kier molecular flexibility index (Phi) is 5.20. The number of furan rings is 1. The smallest absolute Gasteiger partial charge is 0.223 e. The number of carbonyl (C=O) groups is 2. The summed E-state index contributed by atoms with van der Waals surface area (Å²) in [7, 11) is 1.71. The van der Waals surface area contributed by atoms with Crippen molar-refractivity contribution in [2.24, 2.45) is 0 Å². The van der Waals surface area contributed by atoms with Gasteiger partial charge in [0.2, 0.25) is 5.91 Å². The van der Waals surface area contributed by atoms with Crippen molar-refractivity contribution in [3.05, 3.63) is 45.5 Å². The maximum absolute atomic E-state index is 12.1. The predicted octanol–water partition coefficient (Wildman–Crippen LogP) is 4.18. The number of nitrogens with zero attached hydrogens (tertiary/aromatic N) is 1. The van der Waals surface area contributed by atoms with Crippen molar-refractivity contribution in [3.63, 3.8) is 0 Å². The fourth-order valence-electron chi connectivity index (χ4n) is 1.92. The maximum atomic E-state index is 12.1. The van der Waals surface area contributed by atoms with Gasteiger partial charge in [-0.3, -0.25) is 9.59 Å². The molecule has 0 spiro atoms. The molecular formula is C15H16ClNO3S. The number of halogens is 1. The molecule has 4 nitrogen and oxygen atoms in total. The molecule has 0 fully saturated rings. The summed E-state index contributed by atoms with van der Waals surface area (Å²) in [5.74, 6) is 0.580. The monoisotopic (exact) mass is 325 g/mol. The minimum Gasteiger partial charge on any atom is -0.467 e. The Hall–Kier alpha value is -1.59. The van der Waals surface area contributed by atoms with Gasteiger partial charge in [0, 0.05) is 19.9 Å². The number of thiophene rings is 1. The molecule has 1 amide bonds. The number of hydrogen-bond donors (Lipinski definition) is 0. The Morgan fingerprint density at radius 2 is 2.10 bits per heavy atom. The van der Waals surface area contributed by atoms with Crippen molar-refractivity contribution < 1.29 is 14.0 Å². The molecule has 0 aliphatic carbocycles. The van der Waals surface area contributed by atoms with Crippen LogP contribution in [-0.2, 0) is 4.79 Å². The lowest BCUT2D eigenvalue weighted by Crippen LogP contribution is -2.29. The molecule has 1 unspecified atom stereocenters. The van der Waals surface area contributed by atoms with E-state index in [-0.39, 0.29) is 30.6 Å². The standard InChI is InChI=1S/C15H16ClNO3S/c1-10(12-4-3-9-20-12)17(2)15(19)8-5-11(18)13-6-7-14(16)21-13/h3-4,6-7,9-10H,5,8H2,1-2H3. The van der Waals surface area contributed by atoms with Crippen molar-refractivity contribution in [1.82, 2.24) is 4.90 Å². The summed E-state index contributed by atoms with van der Waals surface area (Å²) in [5, 5.41) is 0. The summed E-state index contributed by atoms with van der Waals surface area (Å²) >= 11 is 7.03. The highest BCUT2D eigenvalue weighted by atomic mass is 35.5. The summed E-state index contributed by atoms with van der Waals surface area (Å²) in [6.45, 7) is 1.89. The summed E-state index contributed by atoms with van der Waals surface area (Å²) in [6.07, 6.45) is 1.94. The molecule has 1 atom stereocenters. The van der Waals surface area contributed by atoms with Gasteiger partial charge in [-0.2, -0.15) is 0 Å². The highest BCUT2D eigenvalue weighted by molar-refractivity contribution is 7.18. The largest absolute Gasteiger partial charge is 0.467 e. The normalized spacial score (nSPS) is 12.1. The van der Waals surface area contributed by atoms with E-state index in [1.165, 1.54) is 11.3 Å². The van der Waals surface area contributed by atoms with Crippen LogP contribution in [0.1, 0.15) is 41.2 Å². The van der Waals surface area contributed by atoms with Gasteiger partial charge in [0.15, 0.2) is 5.78 Å². The van der Waals surface area contributed by atoms with E-state index in [0.29, 0.717) is 9.21 Å². The average Bonchev–Trinajstić information content (AvgIpc) is 3.13. The second-order valence-electron chi connectivity index (χ2n) is 4.72. The van der Waals surface area contributed by atoms with Gasteiger partial charge in [-0.15, -0.1) is 11.3 Å². The van der Waals surface area contributed by atoms with E-state index in [4.69, 9.17) is 16.0 Å². The van der Waals surface area contributed by atoms with Crippen molar-refractivity contribution in [1.29, 1.82) is 0 Å². The third kappa shape index (κ3) is 3.95. The molecule has 0 radical (unpaired) electrons. The molecule has 0 N–H and O–H groups in total. The van der Waals surface area contributed by atoms with Gasteiger partial charge < -0.3 is 9.32 Å². The SMILES string of the molecule is CC(c1ccco1)N(C)C(=O)CCC(=O)c1ccc(Cl)s1. The lowest BCUT2D eigenvalue weighted by molar-refractivity contribution is -0.132. The first-order valence-corrected chi connectivity index (χ1v) is 7.76. The van der Waals surface area contributed by atoms with Crippen LogP contribution in [0, 0.1) is 0 Å². The maximum Gasteiger partial charge on any atom is 0.223 e. The second kappa shape index (κ2) is 6.91. The van der Waals surface area contributed by atoms with E-state index >= 15 is 0 Å².